The highest BCUT2D eigenvalue weighted by molar-refractivity contribution is 7.15. The summed E-state index contributed by atoms with van der Waals surface area (Å²) in [5.74, 6) is -3.65. The van der Waals surface area contributed by atoms with Gasteiger partial charge in [-0.25, -0.2) is 39.9 Å². The first-order valence-electron chi connectivity index (χ1n) is 47.6. The molecule has 0 aliphatic heterocycles. The maximum Gasteiger partial charge on any atom is 0.325 e. The van der Waals surface area contributed by atoms with Crippen molar-refractivity contribution in [2.24, 2.45) is 23.7 Å². The average molecular weight is 2050 g/mol. The number of ketones is 3. The Labute approximate surface area is 862 Å². The van der Waals surface area contributed by atoms with Crippen molar-refractivity contribution in [1.82, 2.24) is 55.8 Å². The minimum absolute atomic E-state index is 0.0381. The predicted molar refractivity (Wildman–Crippen MR) is 565 cm³/mol. The molecule has 3 amide bonds. The normalized spacial score (nSPS) is 12.7. The van der Waals surface area contributed by atoms with Crippen LogP contribution in [0.2, 0.25) is 10.0 Å². The molecule has 0 fully saturated rings. The Morgan fingerprint density at radius 1 is 0.375 bits per heavy atom. The van der Waals surface area contributed by atoms with Crippen molar-refractivity contribution in [2.75, 3.05) is 13.2 Å². The number of carboxylic acid groups (broad SMARTS) is 3. The zero-order chi connectivity index (χ0) is 104. The molecule has 144 heavy (non-hydrogen) atoms. The topological polar surface area (TPSA) is 390 Å². The number of pyridine rings is 2. The van der Waals surface area contributed by atoms with Crippen molar-refractivity contribution in [3.63, 3.8) is 0 Å². The number of Topliss-reactive ketones (excluding diaryl/α,β-unsaturated/α-hetero) is 3. The Morgan fingerprint density at radius 3 is 1.06 bits per heavy atom. The van der Waals surface area contributed by atoms with Crippen LogP contribution >= 0.6 is 57.2 Å². The zero-order valence-corrected chi connectivity index (χ0v) is 87.9. The second-order valence-corrected chi connectivity index (χ2v) is 43.1. The van der Waals surface area contributed by atoms with Gasteiger partial charge in [0.25, 0.3) is 0 Å². The van der Waals surface area contributed by atoms with E-state index in [1.165, 1.54) is 54.8 Å². The fourth-order valence-electron chi connectivity index (χ4n) is 14.5. The lowest BCUT2D eigenvalue weighted by atomic mass is 9.92. The fraction of sp³-hybridized carbons (Fsp3) is 0.348. The zero-order valence-electron chi connectivity index (χ0n) is 83.9. The molecule has 0 saturated carbocycles. The maximum atomic E-state index is 13.3. The molecule has 6 N–H and O–H groups in total. The van der Waals surface area contributed by atoms with Crippen LogP contribution in [0.1, 0.15) is 216 Å². The standard InChI is InChI=1S/C39H46ClN3O6S.C38H38N4O5S.C35H39ClN4O5S/c1-8-9-16-48-32-20-27(18-30(40)35(32)49-23(2)3)29-21-41-36(42-22-29)26-12-10-25(11-13-26)17-28(37(45)43-24(4)38(46)47)19-31(44)33-14-15-34(50-33)39(5,6)7;1-24(37(45)46)42-36(44)29(19-31(43)32-15-16-33(48-32)38(2,3)4)18-25-10-12-27(13-11-25)35-40-21-30(22-41-35)28-14-17-34(39-20-28)47-23-26-8-6-5-7-9-26;1-20(2)19-45-33-27(36)14-25(16-39-33)26-17-37-31(38-18-26)23-9-7-22(8-10-23)13-24(32(42)40-21(3)34(43)44)15-28(41)29-11-12-30(46-29)35(4,5)6/h10-15,18,20-24,28H,8-9,16-17,19H2,1-7H3,(H,43,45)(H,46,47);5-17,20-22,24,29H,18-19,23H2,1-4H3,(H,42,44)(H,45,46);7-12,14,16-18,20-21,24H,13,15,19H2,1-6H3,(H,40,42)(H,43,44)/t24-,28-;24-,29-;21-,24-/m111/s1. The lowest BCUT2D eigenvalue weighted by Crippen LogP contribution is -2.42. The van der Waals surface area contributed by atoms with E-state index in [4.69, 9.17) is 42.1 Å². The summed E-state index contributed by atoms with van der Waals surface area (Å²) in [5, 5.41) is 36.5. The first-order chi connectivity index (χ1) is 68.3. The number of nitrogens with zero attached hydrogens (tertiary/aromatic N) is 8. The number of hydrogen-bond donors (Lipinski definition) is 6. The number of rotatable bonds is 42. The first-order valence-corrected chi connectivity index (χ1v) is 50.8. The van der Waals surface area contributed by atoms with E-state index in [1.807, 2.05) is 173 Å². The summed E-state index contributed by atoms with van der Waals surface area (Å²) in [6, 6.07) is 49.5. The Kier molecular flexibility index (Phi) is 39.2. The van der Waals surface area contributed by atoms with Gasteiger partial charge in [0, 0.05) is 152 Å². The third-order valence-electron chi connectivity index (χ3n) is 22.9. The Morgan fingerprint density at radius 2 is 0.729 bits per heavy atom. The SMILES string of the molecule is CC(C)COc1ncc(-c2cnc(-c3ccc(C[C@H](CC(=O)c4ccc(C(C)(C)C)s4)C(=O)N[C@H](C)C(=O)O)cc3)nc2)cc1Cl.CCCCOc1cc(-c2cnc(-c3ccc(C[C@H](CC(=O)c4ccc(C(C)(C)C)s4)C(=O)N[C@H](C)C(=O)O)cc3)nc2)cc(Cl)c1OC(C)C.C[C@@H](NC(=O)[C@@H](CC(=O)c1ccc(C(C)(C)C)s1)Cc1ccc(-c2ncc(-c3ccc(OCc4ccccc4)nc3)cn2)cc1)C(=O)O. The van der Waals surface area contributed by atoms with E-state index < -0.39 is 71.5 Å². The molecule has 0 unspecified atom stereocenters. The fourth-order valence-corrected chi connectivity index (χ4v) is 18.0. The number of halogens is 2. The van der Waals surface area contributed by atoms with Gasteiger partial charge in [0.2, 0.25) is 29.5 Å². The highest BCUT2D eigenvalue weighted by Crippen LogP contribution is 2.42. The molecule has 0 saturated heterocycles. The van der Waals surface area contributed by atoms with Crippen LogP contribution in [0.15, 0.2) is 219 Å². The van der Waals surface area contributed by atoms with Crippen LogP contribution in [0.4, 0.5) is 0 Å². The van der Waals surface area contributed by atoms with Gasteiger partial charge in [0.05, 0.1) is 39.0 Å². The van der Waals surface area contributed by atoms with Gasteiger partial charge in [-0.15, -0.1) is 34.0 Å². The molecule has 0 radical (unpaired) electrons. The van der Waals surface area contributed by atoms with Crippen LogP contribution in [-0.2, 0) is 70.9 Å². The molecule has 5 aromatic carbocycles. The molecule has 32 heteroatoms. The molecule has 8 aromatic heterocycles. The molecule has 754 valence electrons. The van der Waals surface area contributed by atoms with Crippen LogP contribution in [-0.4, -0.2) is 146 Å². The molecule has 13 aromatic rings. The summed E-state index contributed by atoms with van der Waals surface area (Å²) in [4.78, 5) is 155. The van der Waals surface area contributed by atoms with Gasteiger partial charge in [0.1, 0.15) is 29.8 Å². The number of unbranched alkanes of at least 4 members (excludes halogenated alkanes) is 1. The summed E-state index contributed by atoms with van der Waals surface area (Å²) in [6.07, 6.45) is 16.2. The van der Waals surface area contributed by atoms with Gasteiger partial charge < -0.3 is 50.2 Å². The average Bonchev–Trinajstić information content (AvgIpc) is 1.30. The van der Waals surface area contributed by atoms with Gasteiger partial charge in [-0.3, -0.25) is 43.2 Å². The molecule has 0 spiro atoms. The highest BCUT2D eigenvalue weighted by atomic mass is 35.5. The van der Waals surface area contributed by atoms with E-state index in [2.05, 4.69) is 125 Å². The van der Waals surface area contributed by atoms with Crippen molar-refractivity contribution >= 4 is 110 Å². The number of aromatic nitrogens is 8. The smallest absolute Gasteiger partial charge is 0.325 e. The Balaban J connectivity index is 0.000000206. The number of benzene rings is 5. The third kappa shape index (κ3) is 32.4. The highest BCUT2D eigenvalue weighted by Gasteiger charge is 2.33. The first kappa shape index (κ1) is 111. The van der Waals surface area contributed by atoms with E-state index in [0.717, 1.165) is 99.8 Å². The van der Waals surface area contributed by atoms with E-state index in [-0.39, 0.29) is 78.2 Å². The number of ether oxygens (including phenoxy) is 4. The van der Waals surface area contributed by atoms with Crippen LogP contribution < -0.4 is 34.9 Å². The van der Waals surface area contributed by atoms with Crippen molar-refractivity contribution in [1.29, 1.82) is 0 Å². The molecule has 0 aliphatic carbocycles. The van der Waals surface area contributed by atoms with Gasteiger partial charge in [-0.05, 0) is 171 Å². The van der Waals surface area contributed by atoms with E-state index in [1.54, 1.807) is 73.8 Å². The summed E-state index contributed by atoms with van der Waals surface area (Å²) < 4.78 is 23.4. The van der Waals surface area contributed by atoms with Gasteiger partial charge >= 0.3 is 17.9 Å². The number of hydrogen-bond acceptors (Lipinski definition) is 24. The van der Waals surface area contributed by atoms with Crippen LogP contribution in [0.25, 0.3) is 67.5 Å². The van der Waals surface area contributed by atoms with Crippen molar-refractivity contribution in [3.05, 3.63) is 281 Å². The number of carbonyl (C=O) groups is 9. The van der Waals surface area contributed by atoms with E-state index >= 15 is 0 Å². The molecular weight excluding hydrogens is 1920 g/mol. The molecule has 6 atom stereocenters. The van der Waals surface area contributed by atoms with Crippen LogP contribution in [0.3, 0.4) is 0 Å². The van der Waals surface area contributed by atoms with E-state index in [9.17, 15) is 58.5 Å². The predicted octanol–water partition coefficient (Wildman–Crippen LogP) is 23.2. The van der Waals surface area contributed by atoms with Crippen molar-refractivity contribution in [2.45, 2.75) is 216 Å². The Hall–Kier alpha value is -13.7. The van der Waals surface area contributed by atoms with Crippen LogP contribution in [0.5, 0.6) is 23.3 Å². The summed E-state index contributed by atoms with van der Waals surface area (Å²) in [5.41, 5.74) is 10.3. The molecule has 0 aliphatic rings. The number of aliphatic carboxylic acids is 3. The number of nitrogens with one attached hydrogen (secondary N) is 3. The summed E-state index contributed by atoms with van der Waals surface area (Å²) in [7, 11) is 0. The van der Waals surface area contributed by atoms with Crippen molar-refractivity contribution < 1.29 is 77.4 Å². The molecular formula is C112H123Cl2N11O16S3. The lowest BCUT2D eigenvalue weighted by Gasteiger charge is -2.18. The second-order valence-electron chi connectivity index (χ2n) is 39.0. The second kappa shape index (κ2) is 51.0. The molecule has 13 rings (SSSR count). The summed E-state index contributed by atoms with van der Waals surface area (Å²) in [6.45, 7) is 34.5. The molecule has 0 bridgehead atoms. The number of amides is 3. The quantitative estimate of drug-likeness (QED) is 0.0153. The minimum atomic E-state index is -1.15. The maximum absolute atomic E-state index is 13.3. The monoisotopic (exact) mass is 2040 g/mol. The lowest BCUT2D eigenvalue weighted by molar-refractivity contribution is -0.142. The summed E-state index contributed by atoms with van der Waals surface area (Å²) >= 11 is 17.3. The van der Waals surface area contributed by atoms with Gasteiger partial charge in [-0.1, -0.05) is 216 Å². The minimum Gasteiger partial charge on any atom is -0.490 e. The molecule has 8 heterocycles. The largest absolute Gasteiger partial charge is 0.490 e. The van der Waals surface area contributed by atoms with Gasteiger partial charge in [-0.2, -0.15) is 0 Å². The number of carbonyl (C=O) groups excluding carboxylic acids is 6. The number of carboxylic acids is 3. The Bertz CT molecular complexity index is 6560. The third-order valence-corrected chi connectivity index (χ3v) is 28.1. The van der Waals surface area contributed by atoms with Crippen LogP contribution in [0, 0.1) is 23.7 Å². The van der Waals surface area contributed by atoms with Gasteiger partial charge in [0.15, 0.2) is 46.3 Å². The van der Waals surface area contributed by atoms with E-state index in [0.29, 0.717) is 91.1 Å². The molecule has 27 nitrogen and oxygen atoms in total. The van der Waals surface area contributed by atoms with Crippen molar-refractivity contribution in [3.8, 4) is 90.8 Å². The number of thiophene rings is 3.